The summed E-state index contributed by atoms with van der Waals surface area (Å²) < 4.78 is 0. The third-order valence-electron chi connectivity index (χ3n) is 3.13. The summed E-state index contributed by atoms with van der Waals surface area (Å²) in [5.41, 5.74) is 7.42. The van der Waals surface area contributed by atoms with E-state index in [2.05, 4.69) is 41.4 Å². The van der Waals surface area contributed by atoms with E-state index in [-0.39, 0.29) is 5.84 Å². The fourth-order valence-corrected chi connectivity index (χ4v) is 2.73. The summed E-state index contributed by atoms with van der Waals surface area (Å²) in [6, 6.07) is 12.3. The molecule has 3 N–H and O–H groups in total. The van der Waals surface area contributed by atoms with Gasteiger partial charge in [-0.1, -0.05) is 11.2 Å². The van der Waals surface area contributed by atoms with E-state index in [1.165, 1.54) is 4.88 Å². The summed E-state index contributed by atoms with van der Waals surface area (Å²) in [6.45, 7) is 5.23. The maximum Gasteiger partial charge on any atom is 0.170 e. The topological polar surface area (TPSA) is 61.8 Å². The van der Waals surface area contributed by atoms with Gasteiger partial charge in [-0.15, -0.1) is 11.3 Å². The quantitative estimate of drug-likeness (QED) is 0.384. The minimum Gasteiger partial charge on any atom is -0.409 e. The van der Waals surface area contributed by atoms with Gasteiger partial charge in [0.25, 0.3) is 0 Å². The average Bonchev–Trinajstić information content (AvgIpc) is 2.97. The number of nitrogens with two attached hydrogens (primary N) is 1. The van der Waals surface area contributed by atoms with Crippen molar-refractivity contribution in [2.24, 2.45) is 10.9 Å². The molecule has 1 aromatic carbocycles. The van der Waals surface area contributed by atoms with Gasteiger partial charge in [0.1, 0.15) is 0 Å². The van der Waals surface area contributed by atoms with E-state index < -0.39 is 0 Å². The molecule has 2 rings (SSSR count). The van der Waals surface area contributed by atoms with Crippen LogP contribution in [0.25, 0.3) is 0 Å². The van der Waals surface area contributed by atoms with Crippen LogP contribution in [0.3, 0.4) is 0 Å². The van der Waals surface area contributed by atoms with Crippen LogP contribution in [-0.2, 0) is 6.54 Å². The molecule has 1 heterocycles. The second kappa shape index (κ2) is 6.43. The van der Waals surface area contributed by atoms with Crippen LogP contribution in [0.4, 0.5) is 5.69 Å². The minimum absolute atomic E-state index is 0.130. The van der Waals surface area contributed by atoms with Crippen LogP contribution >= 0.6 is 11.3 Å². The van der Waals surface area contributed by atoms with Gasteiger partial charge >= 0.3 is 0 Å². The Hall–Kier alpha value is -2.01. The summed E-state index contributed by atoms with van der Waals surface area (Å²) >= 11 is 1.76. The van der Waals surface area contributed by atoms with Gasteiger partial charge in [-0.05, 0) is 49.6 Å². The van der Waals surface area contributed by atoms with Gasteiger partial charge < -0.3 is 15.8 Å². The van der Waals surface area contributed by atoms with Crippen molar-refractivity contribution in [1.82, 2.24) is 0 Å². The number of hydrogen-bond donors (Lipinski definition) is 2. The molecule has 0 atom stereocenters. The molecular formula is C15H19N3OS. The Morgan fingerprint density at radius 2 is 2.00 bits per heavy atom. The van der Waals surface area contributed by atoms with E-state index in [4.69, 9.17) is 10.9 Å². The number of nitrogens with zero attached hydrogens (tertiary/aromatic N) is 2. The molecule has 0 fully saturated rings. The first-order valence-corrected chi connectivity index (χ1v) is 7.36. The van der Waals surface area contributed by atoms with E-state index in [9.17, 15) is 0 Å². The molecule has 0 unspecified atom stereocenters. The molecule has 0 bridgehead atoms. The van der Waals surface area contributed by atoms with Crippen LogP contribution in [0, 0.1) is 0 Å². The lowest BCUT2D eigenvalue weighted by molar-refractivity contribution is 0.318. The van der Waals surface area contributed by atoms with E-state index in [0.29, 0.717) is 6.04 Å². The standard InChI is InChI=1S/C15H19N3OS/c1-11(2)18(10-14-4-3-9-20-14)13-7-5-12(6-8-13)15(16)17-19/h3-9,11,19H,10H2,1-2H3,(H2,16,17). The number of oxime groups is 1. The van der Waals surface area contributed by atoms with Crippen molar-refractivity contribution in [3.8, 4) is 0 Å². The molecular weight excluding hydrogens is 270 g/mol. The van der Waals surface area contributed by atoms with Crippen molar-refractivity contribution >= 4 is 22.9 Å². The zero-order valence-electron chi connectivity index (χ0n) is 11.7. The number of anilines is 1. The third-order valence-corrected chi connectivity index (χ3v) is 3.99. The van der Waals surface area contributed by atoms with Crippen LogP contribution < -0.4 is 10.6 Å². The Labute approximate surface area is 123 Å². The highest BCUT2D eigenvalue weighted by molar-refractivity contribution is 7.09. The summed E-state index contributed by atoms with van der Waals surface area (Å²) in [6.07, 6.45) is 0. The SMILES string of the molecule is CC(C)N(Cc1cccs1)c1ccc(C(N)=NO)cc1. The molecule has 0 aliphatic carbocycles. The molecule has 5 heteroatoms. The Bertz CT molecular complexity index is 561. The molecule has 0 spiro atoms. The molecule has 0 saturated carbocycles. The monoisotopic (exact) mass is 289 g/mol. The zero-order chi connectivity index (χ0) is 14.5. The van der Waals surface area contributed by atoms with Crippen LogP contribution in [0.2, 0.25) is 0 Å². The van der Waals surface area contributed by atoms with Gasteiger partial charge in [-0.3, -0.25) is 0 Å². The van der Waals surface area contributed by atoms with Crippen LogP contribution in [0.5, 0.6) is 0 Å². The number of hydrogen-bond acceptors (Lipinski definition) is 4. The number of thiophene rings is 1. The second-order valence-corrected chi connectivity index (χ2v) is 5.87. The molecule has 2 aromatic rings. The molecule has 0 aliphatic rings. The summed E-state index contributed by atoms with van der Waals surface area (Å²) in [5, 5.41) is 13.8. The van der Waals surface area contributed by atoms with E-state index >= 15 is 0 Å². The van der Waals surface area contributed by atoms with Crippen molar-refractivity contribution < 1.29 is 5.21 Å². The molecule has 0 saturated heterocycles. The van der Waals surface area contributed by atoms with Gasteiger partial charge in [0.05, 0.1) is 6.54 Å². The Balaban J connectivity index is 2.21. The first kappa shape index (κ1) is 14.4. The minimum atomic E-state index is 0.130. The normalized spacial score (nSPS) is 11.8. The maximum atomic E-state index is 8.68. The largest absolute Gasteiger partial charge is 0.409 e. The summed E-state index contributed by atoms with van der Waals surface area (Å²) in [5.74, 6) is 0.130. The summed E-state index contributed by atoms with van der Waals surface area (Å²) in [7, 11) is 0. The van der Waals surface area contributed by atoms with Gasteiger partial charge in [-0.25, -0.2) is 0 Å². The van der Waals surface area contributed by atoms with Crippen LogP contribution in [0.1, 0.15) is 24.3 Å². The predicted molar refractivity (Wildman–Crippen MR) is 84.6 cm³/mol. The van der Waals surface area contributed by atoms with Crippen molar-refractivity contribution in [2.45, 2.75) is 26.4 Å². The highest BCUT2D eigenvalue weighted by Gasteiger charge is 2.12. The summed E-state index contributed by atoms with van der Waals surface area (Å²) in [4.78, 5) is 3.65. The number of amidine groups is 1. The molecule has 0 aliphatic heterocycles. The van der Waals surface area contributed by atoms with Crippen molar-refractivity contribution in [1.29, 1.82) is 0 Å². The lowest BCUT2D eigenvalue weighted by Gasteiger charge is -2.28. The van der Waals surface area contributed by atoms with Gasteiger partial charge in [0.2, 0.25) is 0 Å². The molecule has 0 amide bonds. The first-order chi connectivity index (χ1) is 9.61. The van der Waals surface area contributed by atoms with Crippen LogP contribution in [0.15, 0.2) is 46.9 Å². The van der Waals surface area contributed by atoms with Crippen molar-refractivity contribution in [2.75, 3.05) is 4.90 Å². The third kappa shape index (κ3) is 3.30. The fraction of sp³-hybridized carbons (Fsp3) is 0.267. The predicted octanol–water partition coefficient (Wildman–Crippen LogP) is 3.26. The first-order valence-electron chi connectivity index (χ1n) is 6.49. The Morgan fingerprint density at radius 3 is 2.50 bits per heavy atom. The molecule has 0 radical (unpaired) electrons. The lowest BCUT2D eigenvalue weighted by atomic mass is 10.1. The van der Waals surface area contributed by atoms with E-state index in [1.807, 2.05) is 24.3 Å². The molecule has 106 valence electrons. The molecule has 1 aromatic heterocycles. The van der Waals surface area contributed by atoms with E-state index in [1.54, 1.807) is 11.3 Å². The van der Waals surface area contributed by atoms with Crippen molar-refractivity contribution in [3.63, 3.8) is 0 Å². The zero-order valence-corrected chi connectivity index (χ0v) is 12.5. The maximum absolute atomic E-state index is 8.68. The highest BCUT2D eigenvalue weighted by Crippen LogP contribution is 2.22. The fourth-order valence-electron chi connectivity index (χ4n) is 2.02. The highest BCUT2D eigenvalue weighted by atomic mass is 32.1. The number of benzene rings is 1. The van der Waals surface area contributed by atoms with Gasteiger partial charge in [0.15, 0.2) is 5.84 Å². The average molecular weight is 289 g/mol. The number of rotatable bonds is 5. The van der Waals surface area contributed by atoms with Crippen molar-refractivity contribution in [3.05, 3.63) is 52.2 Å². The molecule has 20 heavy (non-hydrogen) atoms. The van der Waals surface area contributed by atoms with Gasteiger partial charge in [0, 0.05) is 22.2 Å². The second-order valence-electron chi connectivity index (χ2n) is 4.83. The van der Waals surface area contributed by atoms with Gasteiger partial charge in [-0.2, -0.15) is 0 Å². The molecule has 4 nitrogen and oxygen atoms in total. The van der Waals surface area contributed by atoms with Crippen LogP contribution in [-0.4, -0.2) is 17.1 Å². The Kier molecular flexibility index (Phi) is 4.63. The Morgan fingerprint density at radius 1 is 1.30 bits per heavy atom. The lowest BCUT2D eigenvalue weighted by Crippen LogP contribution is -2.29. The van der Waals surface area contributed by atoms with E-state index in [0.717, 1.165) is 17.8 Å². The smallest absolute Gasteiger partial charge is 0.170 e.